The lowest BCUT2D eigenvalue weighted by Gasteiger charge is -2.09. The zero-order valence-corrected chi connectivity index (χ0v) is 11.5. The largest absolute Gasteiger partial charge is 0.416 e. The van der Waals surface area contributed by atoms with E-state index < -0.39 is 17.6 Å². The topological polar surface area (TPSA) is 46.9 Å². The molecule has 0 atom stereocenters. The fourth-order valence-corrected chi connectivity index (χ4v) is 1.80. The Hall–Kier alpha value is -2.31. The first-order valence-corrected chi connectivity index (χ1v) is 6.22. The number of amides is 1. The van der Waals surface area contributed by atoms with Crippen LogP contribution in [0.1, 0.15) is 27.3 Å². The Morgan fingerprint density at radius 3 is 2.62 bits per heavy atom. The Balaban J connectivity index is 2.04. The van der Waals surface area contributed by atoms with Crippen molar-refractivity contribution in [3.8, 4) is 0 Å². The summed E-state index contributed by atoms with van der Waals surface area (Å²) in [5.74, 6) is -0.420. The number of rotatable bonds is 3. The van der Waals surface area contributed by atoms with Crippen LogP contribution in [0.5, 0.6) is 0 Å². The predicted octanol–water partition coefficient (Wildman–Crippen LogP) is 2.68. The first-order chi connectivity index (χ1) is 9.77. The van der Waals surface area contributed by atoms with Crippen molar-refractivity contribution in [3.63, 3.8) is 0 Å². The van der Waals surface area contributed by atoms with E-state index in [2.05, 4.69) is 10.4 Å². The number of aromatic nitrogens is 2. The molecule has 0 aliphatic heterocycles. The quantitative estimate of drug-likeness (QED) is 0.947. The molecule has 0 saturated carbocycles. The van der Waals surface area contributed by atoms with E-state index in [4.69, 9.17) is 0 Å². The second-order valence-corrected chi connectivity index (χ2v) is 4.68. The maximum atomic E-state index is 12.6. The summed E-state index contributed by atoms with van der Waals surface area (Å²) in [4.78, 5) is 11.9. The Morgan fingerprint density at radius 1 is 1.33 bits per heavy atom. The number of alkyl halides is 3. The number of carbonyl (C=O) groups excluding carboxylic acids is 1. The van der Waals surface area contributed by atoms with Gasteiger partial charge in [-0.1, -0.05) is 12.1 Å². The molecule has 4 nitrogen and oxygen atoms in total. The van der Waals surface area contributed by atoms with Crippen molar-refractivity contribution >= 4 is 5.91 Å². The maximum Gasteiger partial charge on any atom is 0.416 e. The van der Waals surface area contributed by atoms with E-state index in [9.17, 15) is 18.0 Å². The minimum absolute atomic E-state index is 0.0123. The van der Waals surface area contributed by atoms with Crippen molar-refractivity contribution in [2.75, 3.05) is 0 Å². The third kappa shape index (κ3) is 3.62. The minimum atomic E-state index is -4.39. The molecular weight excluding hydrogens is 283 g/mol. The summed E-state index contributed by atoms with van der Waals surface area (Å²) >= 11 is 0. The zero-order chi connectivity index (χ0) is 15.6. The van der Waals surface area contributed by atoms with Crippen LogP contribution >= 0.6 is 0 Å². The molecule has 1 amide bonds. The van der Waals surface area contributed by atoms with Gasteiger partial charge in [-0.05, 0) is 30.7 Å². The van der Waals surface area contributed by atoms with Crippen LogP contribution < -0.4 is 5.32 Å². The third-order valence-corrected chi connectivity index (χ3v) is 3.05. The number of nitrogens with zero attached hydrogens (tertiary/aromatic N) is 2. The molecule has 0 bridgehead atoms. The van der Waals surface area contributed by atoms with E-state index in [1.807, 2.05) is 0 Å². The summed E-state index contributed by atoms with van der Waals surface area (Å²) in [6.45, 7) is 1.81. The summed E-state index contributed by atoms with van der Waals surface area (Å²) in [7, 11) is 1.71. The Morgan fingerprint density at radius 2 is 2.05 bits per heavy atom. The van der Waals surface area contributed by atoms with Gasteiger partial charge < -0.3 is 5.32 Å². The molecule has 0 radical (unpaired) electrons. The number of hydrogen-bond donors (Lipinski definition) is 1. The number of aryl methyl sites for hydroxylation is 2. The summed E-state index contributed by atoms with van der Waals surface area (Å²) < 4.78 is 39.3. The van der Waals surface area contributed by atoms with Crippen LogP contribution in [0.25, 0.3) is 0 Å². The van der Waals surface area contributed by atoms with Gasteiger partial charge in [-0.3, -0.25) is 9.48 Å². The molecule has 0 saturated heterocycles. The molecular formula is C14H14F3N3O. The van der Waals surface area contributed by atoms with Gasteiger partial charge in [0.15, 0.2) is 0 Å². The van der Waals surface area contributed by atoms with Crippen LogP contribution in [0.4, 0.5) is 13.2 Å². The average Bonchev–Trinajstić information content (AvgIpc) is 2.75. The highest BCUT2D eigenvalue weighted by atomic mass is 19.4. The second-order valence-electron chi connectivity index (χ2n) is 4.68. The van der Waals surface area contributed by atoms with Crippen LogP contribution in [-0.4, -0.2) is 15.7 Å². The molecule has 2 aromatic rings. The van der Waals surface area contributed by atoms with Crippen LogP contribution in [0.15, 0.2) is 30.3 Å². The van der Waals surface area contributed by atoms with Gasteiger partial charge in [0.25, 0.3) is 5.91 Å². The molecule has 0 unspecified atom stereocenters. The van der Waals surface area contributed by atoms with Crippen molar-refractivity contribution in [3.05, 3.63) is 52.8 Å². The molecule has 1 heterocycles. The standard InChI is InChI=1S/C14H14F3N3O/c1-9-6-12(19-20(9)2)13(21)18-8-10-4-3-5-11(7-10)14(15,16)17/h3-7H,8H2,1-2H3,(H,18,21). The van der Waals surface area contributed by atoms with Crippen LogP contribution in [-0.2, 0) is 19.8 Å². The van der Waals surface area contributed by atoms with E-state index >= 15 is 0 Å². The summed E-state index contributed by atoms with van der Waals surface area (Å²) in [5.41, 5.74) is 0.704. The van der Waals surface area contributed by atoms with Gasteiger partial charge in [0.1, 0.15) is 5.69 Å². The molecule has 21 heavy (non-hydrogen) atoms. The molecule has 2 rings (SSSR count). The monoisotopic (exact) mass is 297 g/mol. The SMILES string of the molecule is Cc1cc(C(=O)NCc2cccc(C(F)(F)F)c2)nn1C. The number of halogens is 3. The molecule has 112 valence electrons. The van der Waals surface area contributed by atoms with Crippen LogP contribution in [0.3, 0.4) is 0 Å². The number of nitrogens with one attached hydrogen (secondary N) is 1. The highest BCUT2D eigenvalue weighted by Crippen LogP contribution is 2.29. The first-order valence-electron chi connectivity index (χ1n) is 6.22. The lowest BCUT2D eigenvalue weighted by atomic mass is 10.1. The van der Waals surface area contributed by atoms with E-state index in [1.54, 1.807) is 24.7 Å². The molecule has 0 spiro atoms. The molecule has 0 aliphatic rings. The molecule has 7 heteroatoms. The number of carbonyl (C=O) groups is 1. The highest BCUT2D eigenvalue weighted by molar-refractivity contribution is 5.92. The van der Waals surface area contributed by atoms with Crippen molar-refractivity contribution in [2.24, 2.45) is 7.05 Å². The Kier molecular flexibility index (Phi) is 4.02. The fraction of sp³-hybridized carbons (Fsp3) is 0.286. The van der Waals surface area contributed by atoms with Gasteiger partial charge >= 0.3 is 6.18 Å². The van der Waals surface area contributed by atoms with Gasteiger partial charge in [0.05, 0.1) is 5.56 Å². The normalized spacial score (nSPS) is 11.5. The fourth-order valence-electron chi connectivity index (χ4n) is 1.80. The number of hydrogen-bond acceptors (Lipinski definition) is 2. The van der Waals surface area contributed by atoms with Crippen molar-refractivity contribution in [1.82, 2.24) is 15.1 Å². The van der Waals surface area contributed by atoms with Crippen molar-refractivity contribution in [2.45, 2.75) is 19.6 Å². The summed E-state index contributed by atoms with van der Waals surface area (Å²) in [6.07, 6.45) is -4.39. The predicted molar refractivity (Wildman–Crippen MR) is 70.6 cm³/mol. The molecule has 1 aromatic heterocycles. The van der Waals surface area contributed by atoms with E-state index in [1.165, 1.54) is 12.1 Å². The first kappa shape index (κ1) is 15.1. The van der Waals surface area contributed by atoms with Gasteiger partial charge in [0, 0.05) is 19.3 Å². The molecule has 1 N–H and O–H groups in total. The van der Waals surface area contributed by atoms with Crippen molar-refractivity contribution < 1.29 is 18.0 Å². The summed E-state index contributed by atoms with van der Waals surface area (Å²) in [5, 5.41) is 6.56. The summed E-state index contributed by atoms with van der Waals surface area (Å²) in [6, 6.07) is 6.47. The third-order valence-electron chi connectivity index (χ3n) is 3.05. The van der Waals surface area contributed by atoms with E-state index in [0.29, 0.717) is 5.56 Å². The van der Waals surface area contributed by atoms with E-state index in [-0.39, 0.29) is 12.2 Å². The molecule has 0 fully saturated rings. The number of benzene rings is 1. The Bertz CT molecular complexity index is 642. The molecule has 0 aliphatic carbocycles. The minimum Gasteiger partial charge on any atom is -0.347 e. The second kappa shape index (κ2) is 5.59. The van der Waals surface area contributed by atoms with Crippen molar-refractivity contribution in [1.29, 1.82) is 0 Å². The van der Waals surface area contributed by atoms with Gasteiger partial charge in [-0.25, -0.2) is 0 Å². The lowest BCUT2D eigenvalue weighted by molar-refractivity contribution is -0.137. The zero-order valence-electron chi connectivity index (χ0n) is 11.5. The van der Waals surface area contributed by atoms with Gasteiger partial charge in [-0.2, -0.15) is 18.3 Å². The van der Waals surface area contributed by atoms with E-state index in [0.717, 1.165) is 17.8 Å². The Labute approximate surface area is 119 Å². The van der Waals surface area contributed by atoms with Gasteiger partial charge in [-0.15, -0.1) is 0 Å². The maximum absolute atomic E-state index is 12.6. The lowest BCUT2D eigenvalue weighted by Crippen LogP contribution is -2.23. The molecule has 1 aromatic carbocycles. The average molecular weight is 297 g/mol. The highest BCUT2D eigenvalue weighted by Gasteiger charge is 2.30. The van der Waals surface area contributed by atoms with Gasteiger partial charge in [0.2, 0.25) is 0 Å². The smallest absolute Gasteiger partial charge is 0.347 e. The van der Waals surface area contributed by atoms with Crippen LogP contribution in [0.2, 0.25) is 0 Å². The van der Waals surface area contributed by atoms with Crippen LogP contribution in [0, 0.1) is 6.92 Å².